The van der Waals surface area contributed by atoms with Crippen LogP contribution in [-0.4, -0.2) is 42.5 Å². The first-order valence-electron chi connectivity index (χ1n) is 7.84. The van der Waals surface area contributed by atoms with Crippen molar-refractivity contribution in [1.29, 1.82) is 0 Å². The van der Waals surface area contributed by atoms with Crippen LogP contribution >= 0.6 is 7.67 Å². The minimum Gasteiger partial charge on any atom is -0.419 e. The summed E-state index contributed by atoms with van der Waals surface area (Å²) in [5.41, 5.74) is 3.58. The molecular formula is C18H26N3O2P. The van der Waals surface area contributed by atoms with Crippen LogP contribution in [0.2, 0.25) is 0 Å². The number of fused-ring (bicyclic) bond motifs is 1. The van der Waals surface area contributed by atoms with Gasteiger partial charge in [0.05, 0.1) is 0 Å². The summed E-state index contributed by atoms with van der Waals surface area (Å²) in [5, 5.41) is 0.963. The van der Waals surface area contributed by atoms with Gasteiger partial charge < -0.3 is 4.52 Å². The molecule has 0 aliphatic heterocycles. The number of allylic oxidation sites excluding steroid dienone is 1. The van der Waals surface area contributed by atoms with Gasteiger partial charge in [-0.2, -0.15) is 0 Å². The summed E-state index contributed by atoms with van der Waals surface area (Å²) in [7, 11) is 3.83. The molecule has 1 heterocycles. The monoisotopic (exact) mass is 347 g/mol. The fourth-order valence-corrected chi connectivity index (χ4v) is 3.99. The zero-order chi connectivity index (χ0) is 18.1. The van der Waals surface area contributed by atoms with Crippen LogP contribution in [0.25, 0.3) is 10.9 Å². The van der Waals surface area contributed by atoms with Gasteiger partial charge in [0.15, 0.2) is 5.75 Å². The Balaban J connectivity index is 2.70. The summed E-state index contributed by atoms with van der Waals surface area (Å²) in [6.45, 7) is 7.89. The maximum Gasteiger partial charge on any atom is 0.394 e. The van der Waals surface area contributed by atoms with Crippen molar-refractivity contribution in [1.82, 2.24) is 14.3 Å². The summed E-state index contributed by atoms with van der Waals surface area (Å²) in [6.07, 6.45) is 0.655. The average molecular weight is 347 g/mol. The quantitative estimate of drug-likeness (QED) is 0.577. The molecule has 0 fully saturated rings. The number of benzene rings is 1. The number of aromatic nitrogens is 1. The average Bonchev–Trinajstić information content (AvgIpc) is 2.48. The SMILES string of the molecule is C=C(C)Cc1ccc2ccc(C)nc2c1OP(=O)(N(C)C)N(C)C. The molecule has 6 heteroatoms. The van der Waals surface area contributed by atoms with E-state index < -0.39 is 7.67 Å². The van der Waals surface area contributed by atoms with Gasteiger partial charge in [0.1, 0.15) is 5.52 Å². The molecule has 2 aromatic rings. The molecule has 0 atom stereocenters. The van der Waals surface area contributed by atoms with Crippen molar-refractivity contribution >= 4 is 18.6 Å². The zero-order valence-electron chi connectivity index (χ0n) is 15.3. The summed E-state index contributed by atoms with van der Waals surface area (Å²) in [6, 6.07) is 7.98. The first-order valence-corrected chi connectivity index (χ1v) is 9.37. The Kier molecular flexibility index (Phi) is 5.49. The van der Waals surface area contributed by atoms with E-state index in [0.717, 1.165) is 27.7 Å². The van der Waals surface area contributed by atoms with E-state index in [-0.39, 0.29) is 0 Å². The number of rotatable bonds is 6. The van der Waals surface area contributed by atoms with Gasteiger partial charge in [0.2, 0.25) is 0 Å². The maximum absolute atomic E-state index is 13.3. The molecule has 0 N–H and O–H groups in total. The third-order valence-electron chi connectivity index (χ3n) is 3.75. The first-order chi connectivity index (χ1) is 11.1. The highest BCUT2D eigenvalue weighted by Crippen LogP contribution is 2.52. The molecule has 1 aromatic heterocycles. The van der Waals surface area contributed by atoms with Crippen LogP contribution in [0, 0.1) is 6.92 Å². The Hall–Kier alpha value is -1.68. The molecule has 0 radical (unpaired) electrons. The van der Waals surface area contributed by atoms with Gasteiger partial charge in [-0.25, -0.2) is 18.9 Å². The Labute approximate surface area is 144 Å². The van der Waals surface area contributed by atoms with Crippen LogP contribution in [-0.2, 0) is 11.0 Å². The molecule has 24 heavy (non-hydrogen) atoms. The van der Waals surface area contributed by atoms with E-state index in [4.69, 9.17) is 4.52 Å². The van der Waals surface area contributed by atoms with Crippen LogP contribution in [0.5, 0.6) is 5.75 Å². The van der Waals surface area contributed by atoms with Gasteiger partial charge >= 0.3 is 7.67 Å². The predicted octanol–water partition coefficient (Wildman–Crippen LogP) is 4.27. The largest absolute Gasteiger partial charge is 0.419 e. The van der Waals surface area contributed by atoms with Gasteiger partial charge in [-0.05, 0) is 54.5 Å². The number of nitrogens with zero attached hydrogens (tertiary/aromatic N) is 3. The normalized spacial score (nSPS) is 12.2. The molecule has 0 saturated carbocycles. The lowest BCUT2D eigenvalue weighted by molar-refractivity contribution is 0.354. The Morgan fingerprint density at radius 1 is 1.17 bits per heavy atom. The van der Waals surface area contributed by atoms with E-state index in [1.165, 1.54) is 0 Å². The van der Waals surface area contributed by atoms with Crippen molar-refractivity contribution in [2.75, 3.05) is 28.2 Å². The smallest absolute Gasteiger partial charge is 0.394 e. The standard InChI is InChI=1S/C18H26N3O2P/c1-13(2)12-16-11-10-15-9-8-14(3)19-17(15)18(16)23-24(22,20(4)5)21(6)7/h8-11H,1,12H2,2-7H3. The predicted molar refractivity (Wildman–Crippen MR) is 101 cm³/mol. The number of aryl methyl sites for hydroxylation is 1. The van der Waals surface area contributed by atoms with Gasteiger partial charge in [-0.3, -0.25) is 0 Å². The highest BCUT2D eigenvalue weighted by Gasteiger charge is 2.33. The fourth-order valence-electron chi connectivity index (χ4n) is 2.51. The molecule has 0 aliphatic carbocycles. The lowest BCUT2D eigenvalue weighted by Gasteiger charge is -2.30. The van der Waals surface area contributed by atoms with Crippen LogP contribution in [0.1, 0.15) is 18.2 Å². The molecule has 0 saturated heterocycles. The van der Waals surface area contributed by atoms with Gasteiger partial charge in [-0.1, -0.05) is 30.4 Å². The second-order valence-corrected chi connectivity index (χ2v) is 9.25. The Morgan fingerprint density at radius 2 is 1.75 bits per heavy atom. The lowest BCUT2D eigenvalue weighted by Crippen LogP contribution is -2.25. The number of pyridine rings is 1. The van der Waals surface area contributed by atoms with Crippen molar-refractivity contribution in [3.8, 4) is 5.75 Å². The molecule has 0 bridgehead atoms. The Morgan fingerprint density at radius 3 is 2.29 bits per heavy atom. The van der Waals surface area contributed by atoms with E-state index >= 15 is 0 Å². The van der Waals surface area contributed by atoms with Crippen LogP contribution < -0.4 is 4.52 Å². The van der Waals surface area contributed by atoms with Crippen molar-refractivity contribution in [3.63, 3.8) is 0 Å². The topological polar surface area (TPSA) is 45.7 Å². The van der Waals surface area contributed by atoms with Crippen LogP contribution in [0.3, 0.4) is 0 Å². The number of hydrogen-bond acceptors (Lipinski definition) is 3. The van der Waals surface area contributed by atoms with Crippen molar-refractivity contribution in [3.05, 3.63) is 47.7 Å². The molecule has 1 aromatic carbocycles. The highest BCUT2D eigenvalue weighted by molar-refractivity contribution is 7.54. The first kappa shape index (κ1) is 18.7. The minimum absolute atomic E-state index is 0.574. The molecule has 0 amide bonds. The van der Waals surface area contributed by atoms with E-state index in [1.807, 2.05) is 38.1 Å². The van der Waals surface area contributed by atoms with Gasteiger partial charge in [0.25, 0.3) is 0 Å². The van der Waals surface area contributed by atoms with Crippen molar-refractivity contribution < 1.29 is 9.09 Å². The molecule has 0 aliphatic rings. The summed E-state index contributed by atoms with van der Waals surface area (Å²) < 4.78 is 22.7. The second-order valence-electron chi connectivity index (χ2n) is 6.49. The lowest BCUT2D eigenvalue weighted by atomic mass is 10.0. The Bertz CT molecular complexity index is 803. The van der Waals surface area contributed by atoms with E-state index in [9.17, 15) is 4.57 Å². The summed E-state index contributed by atoms with van der Waals surface area (Å²) in [4.78, 5) is 4.63. The van der Waals surface area contributed by atoms with Crippen LogP contribution in [0.15, 0.2) is 36.4 Å². The molecule has 130 valence electrons. The van der Waals surface area contributed by atoms with Gasteiger partial charge in [-0.15, -0.1) is 0 Å². The van der Waals surface area contributed by atoms with E-state index in [1.54, 1.807) is 37.5 Å². The molecule has 2 rings (SSSR count). The zero-order valence-corrected chi connectivity index (χ0v) is 16.2. The third kappa shape index (κ3) is 3.69. The second kappa shape index (κ2) is 7.06. The van der Waals surface area contributed by atoms with Crippen molar-refractivity contribution in [2.24, 2.45) is 0 Å². The van der Waals surface area contributed by atoms with E-state index in [2.05, 4.69) is 11.6 Å². The highest BCUT2D eigenvalue weighted by atomic mass is 31.2. The van der Waals surface area contributed by atoms with Gasteiger partial charge in [0, 0.05) is 16.6 Å². The fraction of sp³-hybridized carbons (Fsp3) is 0.389. The maximum atomic E-state index is 13.3. The van der Waals surface area contributed by atoms with E-state index in [0.29, 0.717) is 12.2 Å². The summed E-state index contributed by atoms with van der Waals surface area (Å²) >= 11 is 0. The molecule has 5 nitrogen and oxygen atoms in total. The van der Waals surface area contributed by atoms with Crippen molar-refractivity contribution in [2.45, 2.75) is 20.3 Å². The number of hydrogen-bond donors (Lipinski definition) is 0. The minimum atomic E-state index is -3.18. The summed E-state index contributed by atoms with van der Waals surface area (Å²) in [5.74, 6) is 0.574. The third-order valence-corrected chi connectivity index (χ3v) is 6.19. The molecule has 0 unspecified atom stereocenters. The molecule has 0 spiro atoms. The van der Waals surface area contributed by atoms with Crippen LogP contribution in [0.4, 0.5) is 0 Å². The molecular weight excluding hydrogens is 321 g/mol.